The Labute approximate surface area is 208 Å². The number of halogens is 1. The summed E-state index contributed by atoms with van der Waals surface area (Å²) in [6.45, 7) is 1.59. The highest BCUT2D eigenvalue weighted by atomic mass is 35.5. The van der Waals surface area contributed by atoms with E-state index in [9.17, 15) is 14.4 Å². The van der Waals surface area contributed by atoms with Crippen molar-refractivity contribution in [1.29, 1.82) is 0 Å². The molecule has 0 aliphatic carbocycles. The molecule has 0 saturated heterocycles. The number of esters is 1. The van der Waals surface area contributed by atoms with Gasteiger partial charge in [-0.3, -0.25) is 19.3 Å². The van der Waals surface area contributed by atoms with Gasteiger partial charge < -0.3 is 10.1 Å². The van der Waals surface area contributed by atoms with Crippen LogP contribution in [-0.2, 0) is 25.5 Å². The second-order valence-corrected chi connectivity index (χ2v) is 8.30. The van der Waals surface area contributed by atoms with Crippen LogP contribution in [0.1, 0.15) is 23.6 Å². The summed E-state index contributed by atoms with van der Waals surface area (Å²) >= 11 is 5.93. The molecule has 1 atom stereocenters. The van der Waals surface area contributed by atoms with Gasteiger partial charge in [-0.2, -0.15) is 0 Å². The fraction of sp³-hybridized carbons (Fsp3) is 0.185. The van der Waals surface area contributed by atoms with E-state index >= 15 is 0 Å². The molecule has 0 aromatic heterocycles. The third-order valence-corrected chi connectivity index (χ3v) is 5.68. The van der Waals surface area contributed by atoms with Crippen molar-refractivity contribution in [3.63, 3.8) is 0 Å². The Morgan fingerprint density at radius 2 is 1.69 bits per heavy atom. The van der Waals surface area contributed by atoms with Crippen LogP contribution in [0, 0.1) is 0 Å². The predicted molar refractivity (Wildman–Crippen MR) is 135 cm³/mol. The molecule has 178 valence electrons. The fourth-order valence-corrected chi connectivity index (χ4v) is 3.97. The second-order valence-electron chi connectivity index (χ2n) is 7.86. The highest BCUT2D eigenvalue weighted by Gasteiger charge is 2.34. The maximum absolute atomic E-state index is 13.6. The maximum atomic E-state index is 13.6. The molecule has 1 aliphatic heterocycles. The zero-order valence-electron chi connectivity index (χ0n) is 19.1. The summed E-state index contributed by atoms with van der Waals surface area (Å²) in [5.74, 6) is -1.46. The number of benzodiazepines with no additional fused rings is 1. The van der Waals surface area contributed by atoms with Gasteiger partial charge in [0.2, 0.25) is 12.1 Å². The molecule has 4 rings (SSSR count). The van der Waals surface area contributed by atoms with Crippen LogP contribution in [0.3, 0.4) is 0 Å². The topological polar surface area (TPSA) is 88.1 Å². The summed E-state index contributed by atoms with van der Waals surface area (Å²) in [5, 5.41) is 3.31. The van der Waals surface area contributed by atoms with Gasteiger partial charge in [0.1, 0.15) is 6.54 Å². The molecular weight excluding hydrogens is 466 g/mol. The van der Waals surface area contributed by atoms with Gasteiger partial charge in [0, 0.05) is 16.1 Å². The largest absolute Gasteiger partial charge is 0.465 e. The minimum Gasteiger partial charge on any atom is -0.465 e. The van der Waals surface area contributed by atoms with Crippen molar-refractivity contribution >= 4 is 40.8 Å². The highest BCUT2D eigenvalue weighted by molar-refractivity contribution is 6.30. The average molecular weight is 490 g/mol. The van der Waals surface area contributed by atoms with Crippen LogP contribution in [0.5, 0.6) is 0 Å². The van der Waals surface area contributed by atoms with Gasteiger partial charge in [-0.25, -0.2) is 4.99 Å². The molecule has 8 heteroatoms. The molecule has 1 heterocycles. The van der Waals surface area contributed by atoms with Gasteiger partial charge in [0.05, 0.1) is 24.4 Å². The molecule has 2 amide bonds. The molecule has 3 aromatic rings. The number of carbonyl (C=O) groups excluding carboxylic acids is 3. The van der Waals surface area contributed by atoms with E-state index in [2.05, 4.69) is 10.3 Å². The number of anilines is 1. The first kappa shape index (κ1) is 24.2. The third-order valence-electron chi connectivity index (χ3n) is 5.42. The quantitative estimate of drug-likeness (QED) is 0.512. The number of amides is 2. The van der Waals surface area contributed by atoms with E-state index in [1.54, 1.807) is 43.3 Å². The molecule has 0 bridgehead atoms. The maximum Gasteiger partial charge on any atom is 0.326 e. The number of nitrogens with one attached hydrogen (secondary N) is 1. The molecule has 0 fully saturated rings. The molecule has 35 heavy (non-hydrogen) atoms. The lowest BCUT2D eigenvalue weighted by molar-refractivity contribution is -0.142. The summed E-state index contributed by atoms with van der Waals surface area (Å²) in [5.41, 5.74) is 3.25. The number of ether oxygens (including phenoxy) is 1. The fourth-order valence-electron chi connectivity index (χ4n) is 3.84. The first-order chi connectivity index (χ1) is 17.0. The van der Waals surface area contributed by atoms with Crippen LogP contribution in [-0.4, -0.2) is 42.8 Å². The molecule has 3 aromatic carbocycles. The Balaban J connectivity index is 1.72. The zero-order valence-corrected chi connectivity index (χ0v) is 19.9. The molecular formula is C27H24ClN3O4. The van der Waals surface area contributed by atoms with Crippen molar-refractivity contribution in [2.45, 2.75) is 19.5 Å². The van der Waals surface area contributed by atoms with E-state index in [0.29, 0.717) is 22.0 Å². The highest BCUT2D eigenvalue weighted by Crippen LogP contribution is 2.28. The third kappa shape index (κ3) is 5.75. The Hall–Kier alpha value is -3.97. The van der Waals surface area contributed by atoms with E-state index in [-0.39, 0.29) is 25.5 Å². The van der Waals surface area contributed by atoms with Crippen LogP contribution >= 0.6 is 11.6 Å². The molecule has 0 radical (unpaired) electrons. The Morgan fingerprint density at radius 3 is 2.40 bits per heavy atom. The van der Waals surface area contributed by atoms with Gasteiger partial charge >= 0.3 is 5.97 Å². The predicted octanol–water partition coefficient (Wildman–Crippen LogP) is 3.77. The SMILES string of the molecule is CCOC(=O)CN1C(=O)C(NC(=O)Cc2ccc(Cl)cc2)N=C(c2ccccc2)c2ccccc21. The number of rotatable bonds is 7. The number of benzene rings is 3. The molecule has 0 spiro atoms. The summed E-state index contributed by atoms with van der Waals surface area (Å²) < 4.78 is 5.10. The number of fused-ring (bicyclic) bond motifs is 1. The van der Waals surface area contributed by atoms with Crippen LogP contribution in [0.15, 0.2) is 83.9 Å². The standard InChI is InChI=1S/C27H24ClN3O4/c1-2-35-24(33)17-31-22-11-7-6-10-21(22)25(19-8-4-3-5-9-19)30-26(27(31)34)29-23(32)16-18-12-14-20(28)15-13-18/h3-15,26H,2,16-17H2,1H3,(H,29,32). The van der Waals surface area contributed by atoms with Crippen molar-refractivity contribution in [2.75, 3.05) is 18.1 Å². The van der Waals surface area contributed by atoms with E-state index in [4.69, 9.17) is 16.3 Å². The van der Waals surface area contributed by atoms with Gasteiger partial charge in [0.15, 0.2) is 0 Å². The minimum atomic E-state index is -1.23. The van der Waals surface area contributed by atoms with Gasteiger partial charge in [-0.05, 0) is 30.7 Å². The summed E-state index contributed by atoms with van der Waals surface area (Å²) in [4.78, 5) is 44.9. The second kappa shape index (κ2) is 11.0. The van der Waals surface area contributed by atoms with Crippen LogP contribution in [0.25, 0.3) is 0 Å². The average Bonchev–Trinajstić information content (AvgIpc) is 2.97. The van der Waals surface area contributed by atoms with Crippen molar-refractivity contribution in [3.8, 4) is 0 Å². The lowest BCUT2D eigenvalue weighted by Crippen LogP contribution is -2.49. The number of hydrogen-bond donors (Lipinski definition) is 1. The Morgan fingerprint density at radius 1 is 1.00 bits per heavy atom. The van der Waals surface area contributed by atoms with Crippen LogP contribution in [0.2, 0.25) is 5.02 Å². The number of hydrogen-bond acceptors (Lipinski definition) is 5. The monoisotopic (exact) mass is 489 g/mol. The number of aliphatic imine (C=N–C) groups is 1. The molecule has 7 nitrogen and oxygen atoms in total. The van der Waals surface area contributed by atoms with E-state index in [1.807, 2.05) is 42.5 Å². The molecule has 1 unspecified atom stereocenters. The summed E-state index contributed by atoms with van der Waals surface area (Å²) in [6, 6.07) is 23.5. The Bertz CT molecular complexity index is 1260. The lowest BCUT2D eigenvalue weighted by atomic mass is 10.0. The van der Waals surface area contributed by atoms with Crippen molar-refractivity contribution < 1.29 is 19.1 Å². The van der Waals surface area contributed by atoms with Gasteiger partial charge in [-0.15, -0.1) is 0 Å². The van der Waals surface area contributed by atoms with E-state index in [1.165, 1.54) is 4.90 Å². The first-order valence-electron chi connectivity index (χ1n) is 11.2. The van der Waals surface area contributed by atoms with E-state index < -0.39 is 18.0 Å². The van der Waals surface area contributed by atoms with Gasteiger partial charge in [0.25, 0.3) is 5.91 Å². The van der Waals surface area contributed by atoms with Crippen molar-refractivity contribution in [2.24, 2.45) is 4.99 Å². The van der Waals surface area contributed by atoms with Crippen LogP contribution in [0.4, 0.5) is 5.69 Å². The number of carbonyl (C=O) groups is 3. The minimum absolute atomic E-state index is 0.0436. The zero-order chi connectivity index (χ0) is 24.8. The van der Waals surface area contributed by atoms with E-state index in [0.717, 1.165) is 11.1 Å². The molecule has 0 saturated carbocycles. The molecule has 1 N–H and O–H groups in total. The first-order valence-corrected chi connectivity index (χ1v) is 11.6. The Kier molecular flexibility index (Phi) is 7.57. The lowest BCUT2D eigenvalue weighted by Gasteiger charge is -2.24. The summed E-state index contributed by atoms with van der Waals surface area (Å²) in [7, 11) is 0. The molecule has 1 aliphatic rings. The van der Waals surface area contributed by atoms with Crippen molar-refractivity contribution in [3.05, 3.63) is 101 Å². The van der Waals surface area contributed by atoms with Crippen LogP contribution < -0.4 is 10.2 Å². The van der Waals surface area contributed by atoms with Gasteiger partial charge in [-0.1, -0.05) is 72.3 Å². The number of para-hydroxylation sites is 1. The normalized spacial score (nSPS) is 15.0. The number of nitrogens with zero attached hydrogens (tertiary/aromatic N) is 2. The summed E-state index contributed by atoms with van der Waals surface area (Å²) in [6.07, 6.45) is -1.19. The van der Waals surface area contributed by atoms with Crippen molar-refractivity contribution in [1.82, 2.24) is 5.32 Å². The smallest absolute Gasteiger partial charge is 0.326 e.